The van der Waals surface area contributed by atoms with Crippen molar-refractivity contribution in [3.05, 3.63) is 28.5 Å². The number of hydrogen-bond acceptors (Lipinski definition) is 2. The minimum Gasteiger partial charge on any atom is -0.481 e. The first-order valence-electron chi connectivity index (χ1n) is 6.64. The number of carbonyl (C=O) groups excluding carboxylic acids is 1. The molecule has 114 valence electrons. The zero-order valence-electron chi connectivity index (χ0n) is 11.5. The Kier molecular flexibility index (Phi) is 4.82. The molecular formula is C14H16BrFN2O3. The second kappa shape index (κ2) is 6.43. The van der Waals surface area contributed by atoms with Crippen LogP contribution < -0.4 is 5.32 Å². The summed E-state index contributed by atoms with van der Waals surface area (Å²) < 4.78 is 13.8. The van der Waals surface area contributed by atoms with Gasteiger partial charge in [-0.25, -0.2) is 9.18 Å². The van der Waals surface area contributed by atoms with E-state index in [0.717, 1.165) is 0 Å². The van der Waals surface area contributed by atoms with Crippen LogP contribution in [0, 0.1) is 11.7 Å². The summed E-state index contributed by atoms with van der Waals surface area (Å²) in [4.78, 5) is 24.8. The maximum atomic E-state index is 13.2. The lowest BCUT2D eigenvalue weighted by Gasteiger charge is -2.36. The van der Waals surface area contributed by atoms with Crippen molar-refractivity contribution in [3.63, 3.8) is 0 Å². The van der Waals surface area contributed by atoms with E-state index in [1.54, 1.807) is 4.90 Å². The minimum absolute atomic E-state index is 0.174. The first-order chi connectivity index (χ1) is 9.88. The number of hydrogen-bond donors (Lipinski definition) is 2. The number of carboxylic acids is 1. The van der Waals surface area contributed by atoms with E-state index in [0.29, 0.717) is 29.5 Å². The third kappa shape index (κ3) is 3.72. The third-order valence-electron chi connectivity index (χ3n) is 3.66. The van der Waals surface area contributed by atoms with E-state index >= 15 is 0 Å². The van der Waals surface area contributed by atoms with Gasteiger partial charge in [0.2, 0.25) is 0 Å². The fourth-order valence-corrected chi connectivity index (χ4v) is 2.82. The van der Waals surface area contributed by atoms with Crippen molar-refractivity contribution in [2.45, 2.75) is 25.8 Å². The summed E-state index contributed by atoms with van der Waals surface area (Å²) in [5.41, 5.74) is 0.354. The lowest BCUT2D eigenvalue weighted by atomic mass is 9.92. The molecule has 0 radical (unpaired) electrons. The number of amides is 2. The first-order valence-corrected chi connectivity index (χ1v) is 7.43. The second-order valence-corrected chi connectivity index (χ2v) is 6.01. The Hall–Kier alpha value is -1.63. The summed E-state index contributed by atoms with van der Waals surface area (Å²) in [5.74, 6) is -1.68. The summed E-state index contributed by atoms with van der Waals surface area (Å²) in [6, 6.07) is 3.52. The van der Waals surface area contributed by atoms with Crippen LogP contribution in [0.1, 0.15) is 19.8 Å². The Labute approximate surface area is 130 Å². The second-order valence-electron chi connectivity index (χ2n) is 5.16. The monoisotopic (exact) mass is 358 g/mol. The van der Waals surface area contributed by atoms with Crippen LogP contribution in [0.5, 0.6) is 0 Å². The zero-order chi connectivity index (χ0) is 15.6. The maximum absolute atomic E-state index is 13.2. The van der Waals surface area contributed by atoms with Gasteiger partial charge in [0, 0.05) is 17.1 Å². The molecule has 0 spiro atoms. The summed E-state index contributed by atoms with van der Waals surface area (Å²) in [6.07, 6.45) is 0.852. The van der Waals surface area contributed by atoms with Crippen molar-refractivity contribution in [2.75, 3.05) is 11.9 Å². The average Bonchev–Trinajstić information content (AvgIpc) is 2.42. The van der Waals surface area contributed by atoms with E-state index in [2.05, 4.69) is 21.2 Å². The molecule has 0 bridgehead atoms. The molecule has 1 fully saturated rings. The van der Waals surface area contributed by atoms with Gasteiger partial charge in [-0.2, -0.15) is 0 Å². The predicted octanol–water partition coefficient (Wildman–Crippen LogP) is 3.31. The van der Waals surface area contributed by atoms with Crippen molar-refractivity contribution >= 4 is 33.6 Å². The number of piperidine rings is 1. The molecule has 2 atom stereocenters. The van der Waals surface area contributed by atoms with Crippen LogP contribution in [0.3, 0.4) is 0 Å². The molecule has 2 N–H and O–H groups in total. The highest BCUT2D eigenvalue weighted by Crippen LogP contribution is 2.26. The topological polar surface area (TPSA) is 69.6 Å². The van der Waals surface area contributed by atoms with Gasteiger partial charge in [0.25, 0.3) is 0 Å². The van der Waals surface area contributed by atoms with Crippen LogP contribution >= 0.6 is 15.9 Å². The van der Waals surface area contributed by atoms with Gasteiger partial charge < -0.3 is 15.3 Å². The molecule has 0 aliphatic carbocycles. The minimum atomic E-state index is -0.824. The van der Waals surface area contributed by atoms with Crippen molar-refractivity contribution in [3.8, 4) is 0 Å². The number of likely N-dealkylation sites (tertiary alicyclic amines) is 1. The molecule has 2 unspecified atom stereocenters. The summed E-state index contributed by atoms with van der Waals surface area (Å²) in [5, 5.41) is 11.7. The van der Waals surface area contributed by atoms with Gasteiger partial charge in [0.05, 0.1) is 11.6 Å². The fourth-order valence-electron chi connectivity index (χ4n) is 2.48. The third-order valence-corrected chi connectivity index (χ3v) is 4.35. The van der Waals surface area contributed by atoms with Crippen molar-refractivity contribution in [1.29, 1.82) is 0 Å². The van der Waals surface area contributed by atoms with Crippen LogP contribution in [-0.4, -0.2) is 34.6 Å². The molecule has 5 nitrogen and oxygen atoms in total. The largest absolute Gasteiger partial charge is 0.481 e. The van der Waals surface area contributed by atoms with Crippen LogP contribution in [0.2, 0.25) is 0 Å². The zero-order valence-corrected chi connectivity index (χ0v) is 13.1. The molecule has 2 rings (SSSR count). The van der Waals surface area contributed by atoms with E-state index in [4.69, 9.17) is 5.11 Å². The summed E-state index contributed by atoms with van der Waals surface area (Å²) >= 11 is 3.25. The molecule has 21 heavy (non-hydrogen) atoms. The Morgan fingerprint density at radius 3 is 2.81 bits per heavy atom. The molecule has 1 saturated heterocycles. The van der Waals surface area contributed by atoms with Gasteiger partial charge in [-0.15, -0.1) is 0 Å². The lowest BCUT2D eigenvalue weighted by Crippen LogP contribution is -2.47. The molecule has 1 aromatic rings. The van der Waals surface area contributed by atoms with Gasteiger partial charge >= 0.3 is 12.0 Å². The maximum Gasteiger partial charge on any atom is 0.322 e. The molecule has 0 saturated carbocycles. The standard InChI is InChI=1S/C14H16BrFN2O3/c1-8-6-9(13(19)20)4-5-18(8)14(21)17-12-7-10(16)2-3-11(12)15/h2-3,7-9H,4-6H2,1H3,(H,17,21)(H,19,20). The molecule has 2 amide bonds. The lowest BCUT2D eigenvalue weighted by molar-refractivity contribution is -0.143. The average molecular weight is 359 g/mol. The van der Waals surface area contributed by atoms with E-state index in [9.17, 15) is 14.0 Å². The predicted molar refractivity (Wildman–Crippen MR) is 79.6 cm³/mol. The molecule has 1 heterocycles. The molecular weight excluding hydrogens is 343 g/mol. The van der Waals surface area contributed by atoms with Crippen molar-refractivity contribution < 1.29 is 19.1 Å². The SMILES string of the molecule is CC1CC(C(=O)O)CCN1C(=O)Nc1cc(F)ccc1Br. The quantitative estimate of drug-likeness (QED) is 0.851. The van der Waals surface area contributed by atoms with Crippen LogP contribution in [0.15, 0.2) is 22.7 Å². The Morgan fingerprint density at radius 2 is 2.19 bits per heavy atom. The van der Waals surface area contributed by atoms with Crippen LogP contribution in [0.4, 0.5) is 14.9 Å². The Morgan fingerprint density at radius 1 is 1.48 bits per heavy atom. The molecule has 7 heteroatoms. The highest BCUT2D eigenvalue weighted by molar-refractivity contribution is 9.10. The van der Waals surface area contributed by atoms with Gasteiger partial charge in [0.15, 0.2) is 0 Å². The number of halogens is 2. The first kappa shape index (κ1) is 15.8. The van der Waals surface area contributed by atoms with E-state index in [1.807, 2.05) is 6.92 Å². The van der Waals surface area contributed by atoms with E-state index in [-0.39, 0.29) is 12.1 Å². The molecule has 1 aliphatic heterocycles. The number of carbonyl (C=O) groups is 2. The van der Waals surface area contributed by atoms with Crippen LogP contribution in [0.25, 0.3) is 0 Å². The van der Waals surface area contributed by atoms with E-state index in [1.165, 1.54) is 18.2 Å². The highest BCUT2D eigenvalue weighted by Gasteiger charge is 2.32. The summed E-state index contributed by atoms with van der Waals surface area (Å²) in [6.45, 7) is 2.19. The van der Waals surface area contributed by atoms with Crippen LogP contribution in [-0.2, 0) is 4.79 Å². The molecule has 0 aromatic heterocycles. The Bertz CT molecular complexity index is 567. The highest BCUT2D eigenvalue weighted by atomic mass is 79.9. The number of anilines is 1. The van der Waals surface area contributed by atoms with Gasteiger partial charge in [-0.05, 0) is 53.9 Å². The molecule has 1 aromatic carbocycles. The van der Waals surface area contributed by atoms with Gasteiger partial charge in [-0.3, -0.25) is 4.79 Å². The Balaban J connectivity index is 2.04. The van der Waals surface area contributed by atoms with Crippen molar-refractivity contribution in [2.24, 2.45) is 5.92 Å². The number of nitrogens with zero attached hydrogens (tertiary/aromatic N) is 1. The van der Waals surface area contributed by atoms with Gasteiger partial charge in [0.1, 0.15) is 5.82 Å². The smallest absolute Gasteiger partial charge is 0.322 e. The van der Waals surface area contributed by atoms with E-state index < -0.39 is 17.7 Å². The summed E-state index contributed by atoms with van der Waals surface area (Å²) in [7, 11) is 0. The fraction of sp³-hybridized carbons (Fsp3) is 0.429. The normalized spacial score (nSPS) is 22.0. The number of rotatable bonds is 2. The number of benzene rings is 1. The van der Waals surface area contributed by atoms with Gasteiger partial charge in [-0.1, -0.05) is 0 Å². The number of nitrogens with one attached hydrogen (secondary N) is 1. The number of carboxylic acid groups (broad SMARTS) is 1. The number of aliphatic carboxylic acids is 1. The number of urea groups is 1. The molecule has 1 aliphatic rings. The van der Waals surface area contributed by atoms with Crippen molar-refractivity contribution in [1.82, 2.24) is 4.90 Å².